The van der Waals surface area contributed by atoms with Crippen molar-refractivity contribution in [2.75, 3.05) is 11.5 Å². The highest BCUT2D eigenvalue weighted by molar-refractivity contribution is 9.10. The van der Waals surface area contributed by atoms with Gasteiger partial charge < -0.3 is 9.47 Å². The molecule has 1 aliphatic rings. The van der Waals surface area contributed by atoms with E-state index >= 15 is 0 Å². The quantitative estimate of drug-likeness (QED) is 0.253. The van der Waals surface area contributed by atoms with Crippen LogP contribution in [0, 0.1) is 0 Å². The van der Waals surface area contributed by atoms with Crippen molar-refractivity contribution < 1.29 is 14.3 Å². The third-order valence-electron chi connectivity index (χ3n) is 4.93. The molecule has 4 rings (SSSR count). The normalized spacial score (nSPS) is 15.9. The summed E-state index contributed by atoms with van der Waals surface area (Å²) >= 11 is 17.0. The SMILES string of the molecule is CCOc1cc(/C=C2\SC(=Nc3ccc(Cl)cc3)N(c3ccc(Cl)cc3)C2=O)cc(Br)c1OC(C)C. The summed E-state index contributed by atoms with van der Waals surface area (Å²) in [4.78, 5) is 20.4. The fourth-order valence-corrected chi connectivity index (χ4v) is 5.23. The van der Waals surface area contributed by atoms with Crippen molar-refractivity contribution in [2.24, 2.45) is 4.99 Å². The zero-order valence-corrected chi connectivity index (χ0v) is 23.7. The summed E-state index contributed by atoms with van der Waals surface area (Å²) in [6.07, 6.45) is 1.81. The Kier molecular flexibility index (Phi) is 8.67. The lowest BCUT2D eigenvalue weighted by molar-refractivity contribution is -0.113. The number of nitrogens with zero attached hydrogens (tertiary/aromatic N) is 2. The number of benzene rings is 3. The van der Waals surface area contributed by atoms with Gasteiger partial charge in [0, 0.05) is 10.0 Å². The molecular weight excluding hydrogens is 583 g/mol. The van der Waals surface area contributed by atoms with E-state index in [0.29, 0.717) is 49.6 Å². The highest BCUT2D eigenvalue weighted by atomic mass is 79.9. The zero-order valence-electron chi connectivity index (χ0n) is 19.8. The van der Waals surface area contributed by atoms with Gasteiger partial charge in [-0.1, -0.05) is 23.2 Å². The molecule has 0 radical (unpaired) electrons. The number of ether oxygens (including phenoxy) is 2. The van der Waals surface area contributed by atoms with Gasteiger partial charge in [-0.3, -0.25) is 9.69 Å². The van der Waals surface area contributed by atoms with Crippen molar-refractivity contribution in [1.82, 2.24) is 0 Å². The van der Waals surface area contributed by atoms with Gasteiger partial charge in [0.25, 0.3) is 5.91 Å². The monoisotopic (exact) mass is 604 g/mol. The number of carbonyl (C=O) groups is 1. The molecule has 3 aromatic carbocycles. The maximum absolute atomic E-state index is 13.6. The van der Waals surface area contributed by atoms with Gasteiger partial charge in [-0.2, -0.15) is 0 Å². The molecule has 9 heteroatoms. The Morgan fingerprint density at radius 1 is 1.06 bits per heavy atom. The number of aliphatic imine (C=N–C) groups is 1. The van der Waals surface area contributed by atoms with E-state index < -0.39 is 0 Å². The van der Waals surface area contributed by atoms with Crippen molar-refractivity contribution in [2.45, 2.75) is 26.9 Å². The molecule has 1 saturated heterocycles. The summed E-state index contributed by atoms with van der Waals surface area (Å²) in [6, 6.07) is 18.0. The van der Waals surface area contributed by atoms with E-state index in [9.17, 15) is 4.79 Å². The van der Waals surface area contributed by atoms with Crippen LogP contribution < -0.4 is 14.4 Å². The van der Waals surface area contributed by atoms with E-state index in [-0.39, 0.29) is 12.0 Å². The summed E-state index contributed by atoms with van der Waals surface area (Å²) in [5.41, 5.74) is 2.15. The van der Waals surface area contributed by atoms with Gasteiger partial charge in [0.2, 0.25) is 0 Å². The fraction of sp³-hybridized carbons (Fsp3) is 0.185. The lowest BCUT2D eigenvalue weighted by atomic mass is 10.1. The highest BCUT2D eigenvalue weighted by Crippen LogP contribution is 2.41. The average molecular weight is 606 g/mol. The molecule has 0 spiro atoms. The van der Waals surface area contributed by atoms with Crippen LogP contribution in [0.15, 0.2) is 75.0 Å². The number of amidine groups is 1. The lowest BCUT2D eigenvalue weighted by Gasteiger charge is -2.17. The van der Waals surface area contributed by atoms with Gasteiger partial charge in [0.1, 0.15) is 0 Å². The van der Waals surface area contributed by atoms with E-state index in [4.69, 9.17) is 37.7 Å². The van der Waals surface area contributed by atoms with Crippen LogP contribution in [0.5, 0.6) is 11.5 Å². The number of halogens is 3. The summed E-state index contributed by atoms with van der Waals surface area (Å²) in [7, 11) is 0. The van der Waals surface area contributed by atoms with Crippen molar-refractivity contribution in [1.29, 1.82) is 0 Å². The van der Waals surface area contributed by atoms with Gasteiger partial charge >= 0.3 is 0 Å². The van der Waals surface area contributed by atoms with Crippen LogP contribution in [0.4, 0.5) is 11.4 Å². The first-order valence-electron chi connectivity index (χ1n) is 11.2. The second-order valence-electron chi connectivity index (χ2n) is 8.03. The molecule has 0 aliphatic carbocycles. The second kappa shape index (κ2) is 11.7. The van der Waals surface area contributed by atoms with Crippen LogP contribution in [-0.2, 0) is 4.79 Å². The summed E-state index contributed by atoms with van der Waals surface area (Å²) in [6.45, 7) is 6.31. The zero-order chi connectivity index (χ0) is 25.8. The molecule has 0 saturated carbocycles. The molecule has 1 fully saturated rings. The second-order valence-corrected chi connectivity index (χ2v) is 10.8. The maximum Gasteiger partial charge on any atom is 0.271 e. The van der Waals surface area contributed by atoms with Gasteiger partial charge in [-0.15, -0.1) is 0 Å². The molecule has 36 heavy (non-hydrogen) atoms. The highest BCUT2D eigenvalue weighted by Gasteiger charge is 2.35. The molecule has 1 heterocycles. The van der Waals surface area contributed by atoms with Crippen LogP contribution in [0.2, 0.25) is 10.0 Å². The number of hydrogen-bond acceptors (Lipinski definition) is 5. The number of carbonyl (C=O) groups excluding carboxylic acids is 1. The lowest BCUT2D eigenvalue weighted by Crippen LogP contribution is -2.28. The van der Waals surface area contributed by atoms with E-state index in [0.717, 1.165) is 10.0 Å². The Hall–Kier alpha value is -2.45. The maximum atomic E-state index is 13.6. The minimum absolute atomic E-state index is 0.0174. The number of anilines is 1. The molecule has 5 nitrogen and oxygen atoms in total. The molecule has 3 aromatic rings. The number of thioether (sulfide) groups is 1. The van der Waals surface area contributed by atoms with Gasteiger partial charge in [-0.05, 0) is 121 Å². The van der Waals surface area contributed by atoms with Crippen molar-refractivity contribution in [3.63, 3.8) is 0 Å². The molecule has 1 amide bonds. The van der Waals surface area contributed by atoms with E-state index in [1.807, 2.05) is 39.0 Å². The topological polar surface area (TPSA) is 51.1 Å². The van der Waals surface area contributed by atoms with E-state index in [1.54, 1.807) is 53.4 Å². The average Bonchev–Trinajstić information content (AvgIpc) is 3.12. The molecule has 186 valence electrons. The molecule has 0 atom stereocenters. The molecule has 0 N–H and O–H groups in total. The Morgan fingerprint density at radius 3 is 2.31 bits per heavy atom. The third-order valence-corrected chi connectivity index (χ3v) is 6.99. The largest absolute Gasteiger partial charge is 0.490 e. The first-order chi connectivity index (χ1) is 17.2. The minimum Gasteiger partial charge on any atom is -0.490 e. The summed E-state index contributed by atoms with van der Waals surface area (Å²) in [5.74, 6) is 1.05. The van der Waals surface area contributed by atoms with Crippen LogP contribution >= 0.6 is 50.9 Å². The summed E-state index contributed by atoms with van der Waals surface area (Å²) < 4.78 is 12.5. The summed E-state index contributed by atoms with van der Waals surface area (Å²) in [5, 5.41) is 1.73. The smallest absolute Gasteiger partial charge is 0.271 e. The molecule has 0 unspecified atom stereocenters. The van der Waals surface area contributed by atoms with Crippen LogP contribution in [0.3, 0.4) is 0 Å². The predicted octanol–water partition coefficient (Wildman–Crippen LogP) is 8.75. The Morgan fingerprint density at radius 2 is 1.69 bits per heavy atom. The van der Waals surface area contributed by atoms with Gasteiger partial charge in [0.05, 0.1) is 33.5 Å². The number of amides is 1. The van der Waals surface area contributed by atoms with Gasteiger partial charge in [-0.25, -0.2) is 4.99 Å². The van der Waals surface area contributed by atoms with Crippen molar-refractivity contribution in [3.8, 4) is 11.5 Å². The molecule has 0 bridgehead atoms. The van der Waals surface area contributed by atoms with Crippen molar-refractivity contribution in [3.05, 3.63) is 85.7 Å². The van der Waals surface area contributed by atoms with Gasteiger partial charge in [0.15, 0.2) is 16.7 Å². The Bertz CT molecular complexity index is 1330. The van der Waals surface area contributed by atoms with Crippen LogP contribution in [0.25, 0.3) is 6.08 Å². The number of hydrogen-bond donors (Lipinski definition) is 0. The van der Waals surface area contributed by atoms with Crippen molar-refractivity contribution >= 4 is 79.4 Å². The molecule has 1 aliphatic heterocycles. The van der Waals surface area contributed by atoms with Crippen LogP contribution in [0.1, 0.15) is 26.3 Å². The van der Waals surface area contributed by atoms with E-state index in [1.165, 1.54) is 11.8 Å². The Labute approximate surface area is 233 Å². The first-order valence-corrected chi connectivity index (χ1v) is 13.6. The first kappa shape index (κ1) is 26.6. The van der Waals surface area contributed by atoms with E-state index in [2.05, 4.69) is 15.9 Å². The predicted molar refractivity (Wildman–Crippen MR) is 154 cm³/mol. The molecule has 0 aromatic heterocycles. The third kappa shape index (κ3) is 6.27. The standard InChI is InChI=1S/C27H23BrCl2N2O3S/c1-4-34-23-14-17(13-22(28)25(23)35-16(2)3)15-24-26(33)32(21-11-7-19(30)8-12-21)27(36-24)31-20-9-5-18(29)6-10-20/h5-16H,4H2,1-3H3/b24-15-,31-27?. The molecular formula is C27H23BrCl2N2O3S. The number of rotatable bonds is 7. The Balaban J connectivity index is 1.76. The minimum atomic E-state index is -0.188. The van der Waals surface area contributed by atoms with Crippen LogP contribution in [-0.4, -0.2) is 23.8 Å². The fourth-order valence-electron chi connectivity index (χ4n) is 3.43.